The fourth-order valence-electron chi connectivity index (χ4n) is 2.09. The number of nitro groups is 2. The number of nitrogens with one attached hydrogen (secondary N) is 1. The van der Waals surface area contributed by atoms with E-state index < -0.39 is 27.1 Å². The van der Waals surface area contributed by atoms with E-state index in [0.717, 1.165) is 17.7 Å². The topological polar surface area (TPSA) is 115 Å². The second-order valence-electron chi connectivity index (χ2n) is 4.82. The fourth-order valence-corrected chi connectivity index (χ4v) is 2.09. The van der Waals surface area contributed by atoms with E-state index in [9.17, 15) is 25.0 Å². The van der Waals surface area contributed by atoms with E-state index in [-0.39, 0.29) is 17.7 Å². The van der Waals surface area contributed by atoms with Crippen LogP contribution in [0.15, 0.2) is 42.5 Å². The van der Waals surface area contributed by atoms with Gasteiger partial charge in [0.15, 0.2) is 0 Å². The molecule has 0 heterocycles. The van der Waals surface area contributed by atoms with Crippen molar-refractivity contribution in [1.82, 2.24) is 5.32 Å². The van der Waals surface area contributed by atoms with Crippen LogP contribution in [-0.2, 0) is 6.54 Å². The Morgan fingerprint density at radius 1 is 1.09 bits per heavy atom. The lowest BCUT2D eigenvalue weighted by Gasteiger charge is -2.08. The molecule has 0 atom stereocenters. The second-order valence-corrected chi connectivity index (χ2v) is 4.82. The van der Waals surface area contributed by atoms with Gasteiger partial charge in [-0.25, -0.2) is 0 Å². The zero-order valence-corrected chi connectivity index (χ0v) is 12.2. The normalized spacial score (nSPS) is 10.1. The van der Waals surface area contributed by atoms with Gasteiger partial charge in [-0.2, -0.15) is 0 Å². The molecule has 8 heteroatoms. The monoisotopic (exact) mass is 315 g/mol. The molecule has 2 aromatic rings. The van der Waals surface area contributed by atoms with Crippen molar-refractivity contribution in [2.24, 2.45) is 0 Å². The molecule has 1 amide bonds. The summed E-state index contributed by atoms with van der Waals surface area (Å²) in [5, 5.41) is 24.5. The highest BCUT2D eigenvalue weighted by Gasteiger charge is 2.24. The van der Waals surface area contributed by atoms with Gasteiger partial charge >= 0.3 is 0 Å². The van der Waals surface area contributed by atoms with Crippen LogP contribution in [0.5, 0.6) is 0 Å². The van der Waals surface area contributed by atoms with Crippen LogP contribution < -0.4 is 5.32 Å². The van der Waals surface area contributed by atoms with Gasteiger partial charge in [0.25, 0.3) is 17.3 Å². The summed E-state index contributed by atoms with van der Waals surface area (Å²) in [5.41, 5.74) is -0.0948. The van der Waals surface area contributed by atoms with Crippen molar-refractivity contribution >= 4 is 17.3 Å². The maximum Gasteiger partial charge on any atom is 0.279 e. The summed E-state index contributed by atoms with van der Waals surface area (Å²) >= 11 is 0. The van der Waals surface area contributed by atoms with Crippen LogP contribution in [0.4, 0.5) is 11.4 Å². The van der Waals surface area contributed by atoms with Crippen LogP contribution >= 0.6 is 0 Å². The molecule has 118 valence electrons. The van der Waals surface area contributed by atoms with Crippen LogP contribution in [0.1, 0.15) is 21.5 Å². The van der Waals surface area contributed by atoms with E-state index in [1.165, 1.54) is 6.92 Å². The summed E-state index contributed by atoms with van der Waals surface area (Å²) in [5.74, 6) is -0.599. The minimum atomic E-state index is -0.763. The van der Waals surface area contributed by atoms with Gasteiger partial charge in [-0.3, -0.25) is 25.0 Å². The molecule has 1 N–H and O–H groups in total. The van der Waals surface area contributed by atoms with Crippen molar-refractivity contribution in [2.75, 3.05) is 0 Å². The summed E-state index contributed by atoms with van der Waals surface area (Å²) in [4.78, 5) is 32.6. The smallest absolute Gasteiger partial charge is 0.279 e. The van der Waals surface area contributed by atoms with Crippen molar-refractivity contribution in [3.8, 4) is 0 Å². The highest BCUT2D eigenvalue weighted by Crippen LogP contribution is 2.28. The molecular weight excluding hydrogens is 302 g/mol. The highest BCUT2D eigenvalue weighted by molar-refractivity contribution is 5.97. The van der Waals surface area contributed by atoms with E-state index in [1.54, 1.807) is 0 Å². The van der Waals surface area contributed by atoms with Crippen molar-refractivity contribution < 1.29 is 14.6 Å². The zero-order valence-electron chi connectivity index (χ0n) is 12.2. The number of rotatable bonds is 5. The number of non-ortho nitro benzene ring substituents is 1. The molecule has 0 aliphatic heterocycles. The summed E-state index contributed by atoms with van der Waals surface area (Å²) < 4.78 is 0. The first-order valence-electron chi connectivity index (χ1n) is 6.65. The van der Waals surface area contributed by atoms with Crippen LogP contribution in [-0.4, -0.2) is 15.8 Å². The van der Waals surface area contributed by atoms with E-state index >= 15 is 0 Å². The summed E-state index contributed by atoms with van der Waals surface area (Å²) in [6, 6.07) is 11.0. The number of carbonyl (C=O) groups excluding carboxylic acids is 1. The van der Waals surface area contributed by atoms with Crippen LogP contribution in [0, 0.1) is 27.2 Å². The Bertz CT molecular complexity index is 774. The van der Waals surface area contributed by atoms with Crippen molar-refractivity contribution in [2.45, 2.75) is 13.5 Å². The molecule has 0 unspecified atom stereocenters. The van der Waals surface area contributed by atoms with Crippen molar-refractivity contribution in [3.05, 3.63) is 79.4 Å². The molecule has 23 heavy (non-hydrogen) atoms. The third-order valence-corrected chi connectivity index (χ3v) is 3.31. The first-order valence-corrected chi connectivity index (χ1v) is 6.65. The van der Waals surface area contributed by atoms with Crippen LogP contribution in [0.25, 0.3) is 0 Å². The Morgan fingerprint density at radius 3 is 2.30 bits per heavy atom. The minimum absolute atomic E-state index is 0.0816. The Hall–Kier alpha value is -3.29. The Balaban J connectivity index is 2.31. The highest BCUT2D eigenvalue weighted by atomic mass is 16.6. The SMILES string of the molecule is Cc1c(C(=O)NCc2ccccc2)cc([N+](=O)[O-])cc1[N+](=O)[O-]. The minimum Gasteiger partial charge on any atom is -0.348 e. The molecule has 0 aliphatic rings. The van der Waals surface area contributed by atoms with Crippen LogP contribution in [0.3, 0.4) is 0 Å². The largest absolute Gasteiger partial charge is 0.348 e. The van der Waals surface area contributed by atoms with E-state index in [4.69, 9.17) is 0 Å². The molecule has 0 radical (unpaired) electrons. The van der Waals surface area contributed by atoms with Crippen molar-refractivity contribution in [1.29, 1.82) is 0 Å². The Labute approximate surface area is 131 Å². The molecule has 0 aromatic heterocycles. The summed E-state index contributed by atoms with van der Waals surface area (Å²) in [6.07, 6.45) is 0. The average Bonchev–Trinajstić information content (AvgIpc) is 2.53. The average molecular weight is 315 g/mol. The number of benzene rings is 2. The maximum absolute atomic E-state index is 12.2. The predicted molar refractivity (Wildman–Crippen MR) is 82.1 cm³/mol. The number of carbonyl (C=O) groups is 1. The first kappa shape index (κ1) is 16.1. The van der Waals surface area contributed by atoms with E-state index in [0.29, 0.717) is 0 Å². The van der Waals surface area contributed by atoms with Gasteiger partial charge in [-0.05, 0) is 12.5 Å². The number of hydrogen-bond donors (Lipinski definition) is 1. The third-order valence-electron chi connectivity index (χ3n) is 3.31. The predicted octanol–water partition coefficient (Wildman–Crippen LogP) is 2.74. The lowest BCUT2D eigenvalue weighted by Crippen LogP contribution is -2.24. The summed E-state index contributed by atoms with van der Waals surface area (Å²) in [6.45, 7) is 1.61. The molecule has 8 nitrogen and oxygen atoms in total. The van der Waals surface area contributed by atoms with E-state index in [1.807, 2.05) is 30.3 Å². The van der Waals surface area contributed by atoms with Gasteiger partial charge in [0, 0.05) is 18.2 Å². The van der Waals surface area contributed by atoms with E-state index in [2.05, 4.69) is 5.32 Å². The first-order chi connectivity index (χ1) is 10.9. The Morgan fingerprint density at radius 2 is 1.74 bits per heavy atom. The maximum atomic E-state index is 12.2. The zero-order chi connectivity index (χ0) is 17.0. The van der Waals surface area contributed by atoms with Crippen LogP contribution in [0.2, 0.25) is 0 Å². The van der Waals surface area contributed by atoms with Gasteiger partial charge < -0.3 is 5.32 Å². The molecule has 0 bridgehead atoms. The number of nitrogens with zero attached hydrogens (tertiary/aromatic N) is 2. The standard InChI is InChI=1S/C15H13N3O5/c1-10-13(7-12(17(20)21)8-14(10)18(22)23)15(19)16-9-11-5-3-2-4-6-11/h2-8H,9H2,1H3,(H,16,19). The van der Waals surface area contributed by atoms with Gasteiger partial charge in [0.1, 0.15) is 0 Å². The number of hydrogen-bond acceptors (Lipinski definition) is 5. The lowest BCUT2D eigenvalue weighted by molar-refractivity contribution is -0.394. The summed E-state index contributed by atoms with van der Waals surface area (Å²) in [7, 11) is 0. The molecule has 2 aromatic carbocycles. The number of nitro benzene ring substituents is 2. The molecule has 0 saturated carbocycles. The number of amides is 1. The van der Waals surface area contributed by atoms with Crippen molar-refractivity contribution in [3.63, 3.8) is 0 Å². The molecule has 0 aliphatic carbocycles. The van der Waals surface area contributed by atoms with Gasteiger partial charge in [0.2, 0.25) is 0 Å². The molecule has 0 saturated heterocycles. The lowest BCUT2D eigenvalue weighted by atomic mass is 10.0. The molecular formula is C15H13N3O5. The fraction of sp³-hybridized carbons (Fsp3) is 0.133. The molecule has 0 fully saturated rings. The Kier molecular flexibility index (Phi) is 4.65. The quantitative estimate of drug-likeness (QED) is 0.672. The molecule has 0 spiro atoms. The van der Waals surface area contributed by atoms with Gasteiger partial charge in [0.05, 0.1) is 21.5 Å². The second kappa shape index (κ2) is 6.65. The molecule has 2 rings (SSSR count). The van der Waals surface area contributed by atoms with Gasteiger partial charge in [-0.1, -0.05) is 30.3 Å². The third kappa shape index (κ3) is 3.67. The van der Waals surface area contributed by atoms with Gasteiger partial charge in [-0.15, -0.1) is 0 Å².